The highest BCUT2D eigenvalue weighted by Crippen LogP contribution is 2.39. The lowest BCUT2D eigenvalue weighted by Crippen LogP contribution is -2.42. The van der Waals surface area contributed by atoms with Gasteiger partial charge < -0.3 is 24.3 Å². The van der Waals surface area contributed by atoms with Gasteiger partial charge in [-0.1, -0.05) is 31.7 Å². The molecule has 1 N–H and O–H groups in total. The van der Waals surface area contributed by atoms with Crippen molar-refractivity contribution in [3.63, 3.8) is 0 Å². The Morgan fingerprint density at radius 1 is 1.00 bits per heavy atom. The number of amides is 1. The van der Waals surface area contributed by atoms with Gasteiger partial charge in [0.25, 0.3) is 0 Å². The summed E-state index contributed by atoms with van der Waals surface area (Å²) in [6.07, 6.45) is 1.69. The van der Waals surface area contributed by atoms with Crippen LogP contribution in [0.4, 0.5) is 4.39 Å². The number of rotatable bonds is 13. The van der Waals surface area contributed by atoms with Gasteiger partial charge in [-0.2, -0.15) is 0 Å². The molecule has 0 aliphatic rings. The Morgan fingerprint density at radius 2 is 1.68 bits per heavy atom. The van der Waals surface area contributed by atoms with Crippen LogP contribution in [0.1, 0.15) is 37.9 Å². The molecule has 0 fully saturated rings. The molecule has 1 unspecified atom stereocenters. The van der Waals surface area contributed by atoms with E-state index in [0.717, 1.165) is 23.0 Å². The highest BCUT2D eigenvalue weighted by atomic mass is 32.2. The minimum Gasteiger partial charge on any atom is -0.493 e. The number of nitrogens with one attached hydrogen (secondary N) is 1. The first kappa shape index (κ1) is 31.5. The molecule has 1 heterocycles. The lowest BCUT2D eigenvalue weighted by molar-refractivity contribution is -0.146. The standard InChI is InChI=1S/C29H34FN3O7S/c1-29(2,18-7-13-22(37-3)23(15-18)38-4)24-16-31-28(33(24)20-10-8-19(30)9-11-20)41-17-25(34)32-21(27(36)40-6)12-14-26(35)39-5/h7-11,13,15-16,21H,12,14,17H2,1-6H3,(H,32,34). The summed E-state index contributed by atoms with van der Waals surface area (Å²) >= 11 is 1.15. The van der Waals surface area contributed by atoms with Crippen LogP contribution < -0.4 is 14.8 Å². The van der Waals surface area contributed by atoms with Crippen molar-refractivity contribution in [2.45, 2.75) is 43.3 Å². The van der Waals surface area contributed by atoms with Gasteiger partial charge >= 0.3 is 11.9 Å². The van der Waals surface area contributed by atoms with E-state index in [9.17, 15) is 18.8 Å². The fourth-order valence-electron chi connectivity index (χ4n) is 4.21. The molecule has 12 heteroatoms. The van der Waals surface area contributed by atoms with Crippen LogP contribution in [0.15, 0.2) is 53.8 Å². The van der Waals surface area contributed by atoms with Gasteiger partial charge in [0, 0.05) is 17.5 Å². The van der Waals surface area contributed by atoms with Gasteiger partial charge in [-0.25, -0.2) is 14.2 Å². The number of carbonyl (C=O) groups excluding carboxylic acids is 3. The Labute approximate surface area is 242 Å². The monoisotopic (exact) mass is 587 g/mol. The van der Waals surface area contributed by atoms with Crippen LogP contribution in [0.25, 0.3) is 5.69 Å². The Hall–Kier alpha value is -4.06. The lowest BCUT2D eigenvalue weighted by Gasteiger charge is -2.28. The molecule has 10 nitrogen and oxygen atoms in total. The number of aromatic nitrogens is 2. The number of thioether (sulfide) groups is 1. The fraction of sp³-hybridized carbons (Fsp3) is 0.379. The quantitative estimate of drug-likeness (QED) is 0.233. The molecule has 41 heavy (non-hydrogen) atoms. The fourth-order valence-corrected chi connectivity index (χ4v) is 5.02. The zero-order valence-corrected chi connectivity index (χ0v) is 24.7. The number of halogens is 1. The molecule has 1 aromatic heterocycles. The maximum Gasteiger partial charge on any atom is 0.328 e. The summed E-state index contributed by atoms with van der Waals surface area (Å²) in [4.78, 5) is 41.1. The predicted molar refractivity (Wildman–Crippen MR) is 151 cm³/mol. The normalized spacial score (nSPS) is 11.9. The first-order chi connectivity index (χ1) is 19.5. The topological polar surface area (TPSA) is 118 Å². The highest BCUT2D eigenvalue weighted by Gasteiger charge is 2.31. The predicted octanol–water partition coefficient (Wildman–Crippen LogP) is 4.06. The summed E-state index contributed by atoms with van der Waals surface area (Å²) in [6.45, 7) is 4.05. The van der Waals surface area contributed by atoms with E-state index >= 15 is 0 Å². The van der Waals surface area contributed by atoms with Crippen molar-refractivity contribution in [1.29, 1.82) is 0 Å². The number of methoxy groups -OCH3 is 4. The molecule has 0 aliphatic carbocycles. The summed E-state index contributed by atoms with van der Waals surface area (Å²) in [7, 11) is 5.58. The zero-order valence-electron chi connectivity index (χ0n) is 23.9. The van der Waals surface area contributed by atoms with E-state index in [1.807, 2.05) is 36.6 Å². The molecule has 0 aliphatic heterocycles. The van der Waals surface area contributed by atoms with Crippen molar-refractivity contribution >= 4 is 29.6 Å². The largest absolute Gasteiger partial charge is 0.493 e. The molecule has 0 saturated carbocycles. The molecule has 3 aromatic rings. The van der Waals surface area contributed by atoms with Gasteiger partial charge in [-0.15, -0.1) is 0 Å². The van der Waals surface area contributed by atoms with Crippen LogP contribution in [0.2, 0.25) is 0 Å². The van der Waals surface area contributed by atoms with E-state index in [4.69, 9.17) is 14.2 Å². The van der Waals surface area contributed by atoms with Crippen molar-refractivity contribution in [2.24, 2.45) is 0 Å². The molecule has 0 bridgehead atoms. The van der Waals surface area contributed by atoms with E-state index in [0.29, 0.717) is 22.3 Å². The second kappa shape index (κ2) is 14.0. The van der Waals surface area contributed by atoms with Crippen LogP contribution in [0, 0.1) is 5.82 Å². The third kappa shape index (κ3) is 7.57. The Balaban J connectivity index is 1.91. The Morgan fingerprint density at radius 3 is 2.29 bits per heavy atom. The van der Waals surface area contributed by atoms with Crippen LogP contribution in [0.5, 0.6) is 11.5 Å². The molecule has 0 saturated heterocycles. The Kier molecular flexibility index (Phi) is 10.8. The number of hydrogen-bond donors (Lipinski definition) is 1. The number of carbonyl (C=O) groups is 3. The van der Waals surface area contributed by atoms with E-state index in [-0.39, 0.29) is 24.4 Å². The second-order valence-electron chi connectivity index (χ2n) is 9.48. The first-order valence-electron chi connectivity index (χ1n) is 12.7. The van der Waals surface area contributed by atoms with Crippen LogP contribution in [-0.4, -0.2) is 67.6 Å². The van der Waals surface area contributed by atoms with E-state index in [2.05, 4.69) is 15.0 Å². The van der Waals surface area contributed by atoms with Crippen molar-refractivity contribution in [1.82, 2.24) is 14.9 Å². The first-order valence-corrected chi connectivity index (χ1v) is 13.7. The maximum atomic E-state index is 13.8. The smallest absolute Gasteiger partial charge is 0.328 e. The molecule has 220 valence electrons. The summed E-state index contributed by atoms with van der Waals surface area (Å²) < 4.78 is 35.9. The second-order valence-corrected chi connectivity index (χ2v) is 10.4. The summed E-state index contributed by atoms with van der Waals surface area (Å²) in [5.41, 5.74) is 1.75. The number of hydrogen-bond acceptors (Lipinski definition) is 9. The summed E-state index contributed by atoms with van der Waals surface area (Å²) in [5.74, 6) is -0.927. The SMILES string of the molecule is COC(=O)CCC(NC(=O)CSc1ncc(C(C)(C)c2ccc(OC)c(OC)c2)n1-c1ccc(F)cc1)C(=O)OC. The number of esters is 2. The van der Waals surface area contributed by atoms with E-state index in [1.54, 1.807) is 32.5 Å². The molecule has 0 spiro atoms. The average molecular weight is 588 g/mol. The Bertz CT molecular complexity index is 1380. The summed E-state index contributed by atoms with van der Waals surface area (Å²) in [5, 5.41) is 3.10. The van der Waals surface area contributed by atoms with Crippen molar-refractivity contribution in [3.8, 4) is 17.2 Å². The number of benzene rings is 2. The molecule has 2 aromatic carbocycles. The van der Waals surface area contributed by atoms with Gasteiger partial charge in [-0.3, -0.25) is 14.2 Å². The average Bonchev–Trinajstić information content (AvgIpc) is 3.42. The number of imidazole rings is 1. The third-order valence-electron chi connectivity index (χ3n) is 6.58. The van der Waals surface area contributed by atoms with Gasteiger partial charge in [0.2, 0.25) is 5.91 Å². The number of nitrogens with zero attached hydrogens (tertiary/aromatic N) is 2. The molecule has 3 rings (SSSR count). The van der Waals surface area contributed by atoms with Gasteiger partial charge in [-0.05, 0) is 48.4 Å². The summed E-state index contributed by atoms with van der Waals surface area (Å²) in [6, 6.07) is 10.6. The van der Waals surface area contributed by atoms with Crippen LogP contribution in [0.3, 0.4) is 0 Å². The van der Waals surface area contributed by atoms with Gasteiger partial charge in [0.05, 0.1) is 46.1 Å². The highest BCUT2D eigenvalue weighted by molar-refractivity contribution is 7.99. The maximum absolute atomic E-state index is 13.8. The van der Waals surface area contributed by atoms with Gasteiger partial charge in [0.15, 0.2) is 16.7 Å². The molecule has 1 amide bonds. The van der Waals surface area contributed by atoms with E-state index in [1.165, 1.54) is 26.4 Å². The van der Waals surface area contributed by atoms with Crippen LogP contribution >= 0.6 is 11.8 Å². The molecular formula is C29H34FN3O7S. The molecular weight excluding hydrogens is 553 g/mol. The van der Waals surface area contributed by atoms with Crippen molar-refractivity contribution < 1.29 is 37.7 Å². The lowest BCUT2D eigenvalue weighted by atomic mass is 9.81. The molecule has 1 atom stereocenters. The van der Waals surface area contributed by atoms with Crippen LogP contribution in [-0.2, 0) is 29.3 Å². The third-order valence-corrected chi connectivity index (χ3v) is 7.53. The zero-order chi connectivity index (χ0) is 30.2. The molecule has 0 radical (unpaired) electrons. The minimum atomic E-state index is -1.01. The van der Waals surface area contributed by atoms with E-state index < -0.39 is 29.3 Å². The van der Waals surface area contributed by atoms with Crippen molar-refractivity contribution in [3.05, 3.63) is 65.7 Å². The minimum absolute atomic E-state index is 0.0314. The van der Waals surface area contributed by atoms with Crippen molar-refractivity contribution in [2.75, 3.05) is 34.2 Å². The van der Waals surface area contributed by atoms with Gasteiger partial charge in [0.1, 0.15) is 11.9 Å². The number of ether oxygens (including phenoxy) is 4.